The monoisotopic (exact) mass is 438 g/mol. The highest BCUT2D eigenvalue weighted by molar-refractivity contribution is 8.16. The van der Waals surface area contributed by atoms with E-state index in [1.54, 1.807) is 0 Å². The minimum Gasteiger partial charge on any atom is -0.371 e. The van der Waals surface area contributed by atoms with Crippen LogP contribution in [0.1, 0.15) is 45.3 Å². The van der Waals surface area contributed by atoms with E-state index in [1.807, 2.05) is 35.7 Å². The first-order chi connectivity index (χ1) is 14.8. The van der Waals surface area contributed by atoms with Crippen molar-refractivity contribution < 1.29 is 4.79 Å². The van der Waals surface area contributed by atoms with E-state index in [0.29, 0.717) is 10.5 Å². The highest BCUT2D eigenvalue weighted by Gasteiger charge is 2.27. The molecular formula is C25H30N2OS2. The van der Waals surface area contributed by atoms with E-state index < -0.39 is 0 Å². The minimum absolute atomic E-state index is 0.204. The van der Waals surface area contributed by atoms with Crippen LogP contribution in [-0.4, -0.2) is 48.5 Å². The number of para-hydroxylation sites is 1. The molecule has 0 N–H and O–H groups in total. The molecular weight excluding hydrogens is 408 g/mol. The van der Waals surface area contributed by atoms with E-state index in [0.717, 1.165) is 44.6 Å². The molecule has 3 aliphatic heterocycles. The van der Waals surface area contributed by atoms with Crippen molar-refractivity contribution in [2.24, 2.45) is 5.92 Å². The number of hydrogen-bond donors (Lipinski definition) is 0. The molecule has 2 aromatic rings. The van der Waals surface area contributed by atoms with E-state index in [-0.39, 0.29) is 5.91 Å². The van der Waals surface area contributed by atoms with Crippen LogP contribution in [0.2, 0.25) is 0 Å². The molecule has 0 saturated carbocycles. The Morgan fingerprint density at radius 3 is 2.43 bits per heavy atom. The lowest BCUT2D eigenvalue weighted by atomic mass is 9.95. The van der Waals surface area contributed by atoms with Crippen LogP contribution in [0, 0.1) is 5.92 Å². The van der Waals surface area contributed by atoms with Gasteiger partial charge in [-0.15, -0.1) is 23.5 Å². The van der Waals surface area contributed by atoms with Gasteiger partial charge in [0.25, 0.3) is 5.91 Å². The zero-order valence-corrected chi connectivity index (χ0v) is 19.1. The first-order valence-corrected chi connectivity index (χ1v) is 13.3. The van der Waals surface area contributed by atoms with Gasteiger partial charge < -0.3 is 9.80 Å². The second-order valence-corrected chi connectivity index (χ2v) is 11.3. The van der Waals surface area contributed by atoms with Gasteiger partial charge in [-0.2, -0.15) is 0 Å². The number of benzene rings is 2. The van der Waals surface area contributed by atoms with Crippen LogP contribution in [-0.2, 0) is 6.42 Å². The summed E-state index contributed by atoms with van der Waals surface area (Å²) in [5.41, 5.74) is 5.10. The van der Waals surface area contributed by atoms with E-state index >= 15 is 0 Å². The Morgan fingerprint density at radius 1 is 0.933 bits per heavy atom. The van der Waals surface area contributed by atoms with Crippen LogP contribution >= 0.6 is 23.5 Å². The summed E-state index contributed by atoms with van der Waals surface area (Å²) in [4.78, 5) is 17.6. The molecule has 158 valence electrons. The largest absolute Gasteiger partial charge is 0.371 e. The number of anilines is 1. The van der Waals surface area contributed by atoms with Gasteiger partial charge >= 0.3 is 0 Å². The van der Waals surface area contributed by atoms with Gasteiger partial charge in [-0.05, 0) is 72.4 Å². The summed E-state index contributed by atoms with van der Waals surface area (Å²) in [7, 11) is 0. The van der Waals surface area contributed by atoms with Gasteiger partial charge in [0.1, 0.15) is 0 Å². The minimum atomic E-state index is 0.204. The average Bonchev–Trinajstić information content (AvgIpc) is 3.23. The molecule has 0 aliphatic carbocycles. The van der Waals surface area contributed by atoms with Crippen molar-refractivity contribution in [3.05, 3.63) is 65.2 Å². The molecule has 1 amide bonds. The number of thioether (sulfide) groups is 2. The van der Waals surface area contributed by atoms with E-state index in [9.17, 15) is 4.79 Å². The second kappa shape index (κ2) is 9.27. The van der Waals surface area contributed by atoms with Crippen molar-refractivity contribution in [2.45, 2.75) is 30.3 Å². The number of likely N-dealkylation sites (tertiary alicyclic amines) is 1. The second-order valence-electron chi connectivity index (χ2n) is 8.61. The normalized spacial score (nSPS) is 20.4. The molecule has 3 heterocycles. The van der Waals surface area contributed by atoms with Crippen molar-refractivity contribution in [1.82, 2.24) is 4.90 Å². The third-order valence-electron chi connectivity index (χ3n) is 6.62. The van der Waals surface area contributed by atoms with Crippen LogP contribution in [0.25, 0.3) is 0 Å². The van der Waals surface area contributed by atoms with Gasteiger partial charge in [0.2, 0.25) is 0 Å². The fourth-order valence-electron chi connectivity index (χ4n) is 4.87. The number of nitrogens with zero attached hydrogens (tertiary/aromatic N) is 2. The summed E-state index contributed by atoms with van der Waals surface area (Å²) in [6.45, 7) is 4.04. The first kappa shape index (κ1) is 20.3. The molecule has 2 aromatic carbocycles. The number of rotatable bonds is 4. The van der Waals surface area contributed by atoms with Gasteiger partial charge in [0.05, 0.1) is 4.58 Å². The summed E-state index contributed by atoms with van der Waals surface area (Å²) >= 11 is 4.06. The summed E-state index contributed by atoms with van der Waals surface area (Å²) in [5, 5.41) is 0. The zero-order chi connectivity index (χ0) is 20.3. The Morgan fingerprint density at radius 2 is 1.67 bits per heavy atom. The smallest absolute Gasteiger partial charge is 0.253 e. The molecule has 2 saturated heterocycles. The molecule has 0 atom stereocenters. The number of fused-ring (bicyclic) bond motifs is 1. The molecule has 0 bridgehead atoms. The summed E-state index contributed by atoms with van der Waals surface area (Å²) in [6, 6.07) is 17.2. The molecule has 0 unspecified atom stereocenters. The van der Waals surface area contributed by atoms with Gasteiger partial charge in [-0.1, -0.05) is 30.3 Å². The number of piperidine rings is 1. The number of carbonyl (C=O) groups excluding carboxylic acids is 1. The number of carbonyl (C=O) groups is 1. The lowest BCUT2D eigenvalue weighted by Crippen LogP contribution is -2.41. The molecule has 3 nitrogen and oxygen atoms in total. The van der Waals surface area contributed by atoms with E-state index in [2.05, 4.69) is 46.2 Å². The molecule has 0 aromatic heterocycles. The Hall–Kier alpha value is -1.59. The topological polar surface area (TPSA) is 23.6 Å². The molecule has 30 heavy (non-hydrogen) atoms. The predicted molar refractivity (Wildman–Crippen MR) is 130 cm³/mol. The average molecular weight is 439 g/mol. The third kappa shape index (κ3) is 4.38. The first-order valence-electron chi connectivity index (χ1n) is 11.2. The van der Waals surface area contributed by atoms with E-state index in [1.165, 1.54) is 41.2 Å². The summed E-state index contributed by atoms with van der Waals surface area (Å²) in [6.07, 6.45) is 4.69. The fraction of sp³-hybridized carbons (Fsp3) is 0.480. The van der Waals surface area contributed by atoms with Crippen LogP contribution in [0.4, 0.5) is 5.69 Å². The summed E-state index contributed by atoms with van der Waals surface area (Å²) in [5.74, 6) is 3.38. The quantitative estimate of drug-likeness (QED) is 0.631. The summed E-state index contributed by atoms with van der Waals surface area (Å²) < 4.78 is 0.536. The molecule has 5 heteroatoms. The Bertz CT molecular complexity index is 871. The lowest BCUT2D eigenvalue weighted by Gasteiger charge is -2.34. The molecule has 2 fully saturated rings. The van der Waals surface area contributed by atoms with Crippen LogP contribution in [0.15, 0.2) is 48.5 Å². The highest BCUT2D eigenvalue weighted by atomic mass is 32.2. The van der Waals surface area contributed by atoms with Crippen molar-refractivity contribution in [1.29, 1.82) is 0 Å². The molecule has 0 spiro atoms. The van der Waals surface area contributed by atoms with Crippen molar-refractivity contribution in [3.63, 3.8) is 0 Å². The Labute approximate surface area is 188 Å². The van der Waals surface area contributed by atoms with Crippen LogP contribution < -0.4 is 4.90 Å². The van der Waals surface area contributed by atoms with Crippen molar-refractivity contribution in [2.75, 3.05) is 42.6 Å². The van der Waals surface area contributed by atoms with Gasteiger partial charge in [-0.3, -0.25) is 4.79 Å². The maximum absolute atomic E-state index is 13.0. The number of hydrogen-bond acceptors (Lipinski definition) is 4. The fourth-order valence-corrected chi connectivity index (χ4v) is 7.77. The van der Waals surface area contributed by atoms with Gasteiger partial charge in [-0.25, -0.2) is 0 Å². The maximum Gasteiger partial charge on any atom is 0.253 e. The Kier molecular flexibility index (Phi) is 6.28. The highest BCUT2D eigenvalue weighted by Crippen LogP contribution is 2.43. The predicted octanol–water partition coefficient (Wildman–Crippen LogP) is 5.47. The third-order valence-corrected chi connectivity index (χ3v) is 9.64. The maximum atomic E-state index is 13.0. The molecule has 3 aliphatic rings. The SMILES string of the molecule is O=C(c1ccc(C2SCCCS2)cc1)N1CCC(CN2CCc3ccccc32)CC1. The van der Waals surface area contributed by atoms with Gasteiger partial charge in [0.15, 0.2) is 0 Å². The van der Waals surface area contributed by atoms with Crippen LogP contribution in [0.5, 0.6) is 0 Å². The zero-order valence-electron chi connectivity index (χ0n) is 17.5. The van der Waals surface area contributed by atoms with Crippen molar-refractivity contribution in [3.8, 4) is 0 Å². The standard InChI is InChI=1S/C25H30N2OS2/c28-24(21-6-8-22(9-7-21)25-29-16-3-17-30-25)26-13-10-19(11-14-26)18-27-15-12-20-4-1-2-5-23(20)27/h1-2,4-9,19,25H,3,10-18H2. The van der Waals surface area contributed by atoms with Gasteiger partial charge in [0, 0.05) is 37.4 Å². The van der Waals surface area contributed by atoms with E-state index in [4.69, 9.17) is 0 Å². The molecule has 0 radical (unpaired) electrons. The molecule has 5 rings (SSSR count). The number of amides is 1. The lowest BCUT2D eigenvalue weighted by molar-refractivity contribution is 0.0693. The van der Waals surface area contributed by atoms with Crippen molar-refractivity contribution >= 4 is 35.1 Å². The van der Waals surface area contributed by atoms with Crippen LogP contribution in [0.3, 0.4) is 0 Å². The Balaban J connectivity index is 1.14.